The number of ether oxygens (including phenoxy) is 1. The number of morpholine rings is 1. The minimum Gasteiger partial charge on any atom is -0.364 e. The quantitative estimate of drug-likeness (QED) is 0.772. The van der Waals surface area contributed by atoms with E-state index in [9.17, 15) is 4.79 Å². The zero-order valence-corrected chi connectivity index (χ0v) is 10.3. The third-order valence-corrected chi connectivity index (χ3v) is 3.78. The Labute approximate surface area is 97.3 Å². The van der Waals surface area contributed by atoms with Gasteiger partial charge in [0.2, 0.25) is 5.91 Å². The summed E-state index contributed by atoms with van der Waals surface area (Å²) < 4.78 is 5.69. The van der Waals surface area contributed by atoms with E-state index in [0.717, 1.165) is 13.0 Å². The number of nitrogens with zero attached hydrogens (tertiary/aromatic N) is 1. The molecule has 92 valence electrons. The number of hydrogen-bond acceptors (Lipinski definition) is 3. The van der Waals surface area contributed by atoms with E-state index >= 15 is 0 Å². The number of nitrogens with one attached hydrogen (secondary N) is 1. The first-order valence-corrected chi connectivity index (χ1v) is 6.28. The summed E-state index contributed by atoms with van der Waals surface area (Å²) in [6.07, 6.45) is 3.59. The van der Waals surface area contributed by atoms with Crippen molar-refractivity contribution in [2.45, 2.75) is 44.8 Å². The summed E-state index contributed by atoms with van der Waals surface area (Å²) >= 11 is 0. The Bertz CT molecular complexity index is 258. The number of likely N-dealkylation sites (tertiary alicyclic amines) is 1. The molecule has 2 rings (SSSR count). The van der Waals surface area contributed by atoms with Crippen LogP contribution in [0.3, 0.4) is 0 Å². The second kappa shape index (κ2) is 4.72. The number of carbonyl (C=O) groups is 1. The molecule has 0 bridgehead atoms. The summed E-state index contributed by atoms with van der Waals surface area (Å²) in [5.41, 5.74) is -0.170. The van der Waals surface area contributed by atoms with Crippen LogP contribution in [-0.4, -0.2) is 48.7 Å². The molecule has 0 aliphatic carbocycles. The van der Waals surface area contributed by atoms with Crippen molar-refractivity contribution in [3.8, 4) is 0 Å². The molecular weight excluding hydrogens is 204 g/mol. The second-order valence-corrected chi connectivity index (χ2v) is 5.14. The average Bonchev–Trinajstić information content (AvgIpc) is 2.70. The zero-order chi connectivity index (χ0) is 11.6. The molecule has 16 heavy (non-hydrogen) atoms. The van der Waals surface area contributed by atoms with Crippen LogP contribution in [0.4, 0.5) is 0 Å². The zero-order valence-electron chi connectivity index (χ0n) is 10.3. The molecule has 2 aliphatic heterocycles. The van der Waals surface area contributed by atoms with Crippen LogP contribution in [0.15, 0.2) is 0 Å². The van der Waals surface area contributed by atoms with Crippen molar-refractivity contribution in [1.29, 1.82) is 0 Å². The first kappa shape index (κ1) is 11.9. The van der Waals surface area contributed by atoms with Gasteiger partial charge in [-0.3, -0.25) is 4.79 Å². The predicted octanol–water partition coefficient (Wildman–Crippen LogP) is 0.766. The molecule has 0 spiro atoms. The van der Waals surface area contributed by atoms with Gasteiger partial charge in [0.1, 0.15) is 6.61 Å². The minimum atomic E-state index is -0.170. The smallest absolute Gasteiger partial charge is 0.246 e. The molecule has 2 fully saturated rings. The van der Waals surface area contributed by atoms with Crippen molar-refractivity contribution in [3.05, 3.63) is 0 Å². The van der Waals surface area contributed by atoms with Crippen molar-refractivity contribution < 1.29 is 9.53 Å². The van der Waals surface area contributed by atoms with Crippen LogP contribution in [0.25, 0.3) is 0 Å². The summed E-state index contributed by atoms with van der Waals surface area (Å²) in [5, 5.41) is 2.90. The van der Waals surface area contributed by atoms with Gasteiger partial charge in [0.05, 0.1) is 5.60 Å². The third kappa shape index (κ3) is 2.55. The summed E-state index contributed by atoms with van der Waals surface area (Å²) in [7, 11) is 0. The van der Waals surface area contributed by atoms with E-state index in [0.29, 0.717) is 12.6 Å². The molecule has 2 saturated heterocycles. The molecule has 2 aliphatic rings. The topological polar surface area (TPSA) is 41.6 Å². The molecular formula is C12H22N2O2. The van der Waals surface area contributed by atoms with Gasteiger partial charge in [-0.25, -0.2) is 0 Å². The SMILES string of the molecule is CCN1CCCC1CC1(C)CNC(=O)CO1. The van der Waals surface area contributed by atoms with Gasteiger partial charge in [-0.2, -0.15) is 0 Å². The van der Waals surface area contributed by atoms with Crippen molar-refractivity contribution in [3.63, 3.8) is 0 Å². The second-order valence-electron chi connectivity index (χ2n) is 5.14. The molecule has 2 heterocycles. The lowest BCUT2D eigenvalue weighted by molar-refractivity contribution is -0.143. The molecule has 2 unspecified atom stereocenters. The van der Waals surface area contributed by atoms with Crippen molar-refractivity contribution in [2.75, 3.05) is 26.2 Å². The number of carbonyl (C=O) groups excluding carboxylic acids is 1. The van der Waals surface area contributed by atoms with Crippen molar-refractivity contribution in [1.82, 2.24) is 10.2 Å². The van der Waals surface area contributed by atoms with Gasteiger partial charge in [0, 0.05) is 12.6 Å². The molecule has 1 N–H and O–H groups in total. The van der Waals surface area contributed by atoms with E-state index < -0.39 is 0 Å². The summed E-state index contributed by atoms with van der Waals surface area (Å²) in [5.74, 6) is 0.0104. The minimum absolute atomic E-state index is 0.0104. The molecule has 4 heteroatoms. The van der Waals surface area contributed by atoms with Gasteiger partial charge in [0.15, 0.2) is 0 Å². The molecule has 4 nitrogen and oxygen atoms in total. The molecule has 2 atom stereocenters. The van der Waals surface area contributed by atoms with Gasteiger partial charge in [-0.15, -0.1) is 0 Å². The number of rotatable bonds is 3. The lowest BCUT2D eigenvalue weighted by atomic mass is 9.94. The Morgan fingerprint density at radius 1 is 1.62 bits per heavy atom. The van der Waals surface area contributed by atoms with E-state index in [1.165, 1.54) is 19.4 Å². The van der Waals surface area contributed by atoms with Gasteiger partial charge in [-0.05, 0) is 39.3 Å². The molecule has 0 radical (unpaired) electrons. The molecule has 0 saturated carbocycles. The highest BCUT2D eigenvalue weighted by Crippen LogP contribution is 2.28. The third-order valence-electron chi connectivity index (χ3n) is 3.78. The Balaban J connectivity index is 1.90. The van der Waals surface area contributed by atoms with Crippen LogP contribution in [0.5, 0.6) is 0 Å². The fourth-order valence-electron chi connectivity index (χ4n) is 2.80. The lowest BCUT2D eigenvalue weighted by Crippen LogP contribution is -2.53. The Morgan fingerprint density at radius 3 is 3.06 bits per heavy atom. The predicted molar refractivity (Wildman–Crippen MR) is 62.3 cm³/mol. The van der Waals surface area contributed by atoms with E-state index in [1.54, 1.807) is 0 Å². The Kier molecular flexibility index (Phi) is 3.50. The van der Waals surface area contributed by atoms with E-state index in [1.807, 2.05) is 0 Å². The van der Waals surface area contributed by atoms with Crippen molar-refractivity contribution >= 4 is 5.91 Å². The van der Waals surface area contributed by atoms with E-state index in [2.05, 4.69) is 24.1 Å². The highest BCUT2D eigenvalue weighted by atomic mass is 16.5. The molecule has 0 aromatic carbocycles. The summed E-state index contributed by atoms with van der Waals surface area (Å²) in [6.45, 7) is 7.52. The maximum Gasteiger partial charge on any atom is 0.246 e. The Hall–Kier alpha value is -0.610. The van der Waals surface area contributed by atoms with Gasteiger partial charge in [-0.1, -0.05) is 6.92 Å². The fraction of sp³-hybridized carbons (Fsp3) is 0.917. The van der Waals surface area contributed by atoms with Gasteiger partial charge in [0.25, 0.3) is 0 Å². The monoisotopic (exact) mass is 226 g/mol. The van der Waals surface area contributed by atoms with Crippen molar-refractivity contribution in [2.24, 2.45) is 0 Å². The first-order valence-electron chi connectivity index (χ1n) is 6.28. The Morgan fingerprint density at radius 2 is 2.44 bits per heavy atom. The van der Waals surface area contributed by atoms with Crippen LogP contribution in [0.1, 0.15) is 33.1 Å². The maximum atomic E-state index is 11.1. The number of amides is 1. The fourth-order valence-corrected chi connectivity index (χ4v) is 2.80. The van der Waals surface area contributed by atoms with E-state index in [-0.39, 0.29) is 18.1 Å². The van der Waals surface area contributed by atoms with Crippen LogP contribution in [0, 0.1) is 0 Å². The molecule has 1 amide bonds. The van der Waals surface area contributed by atoms with Gasteiger partial charge >= 0.3 is 0 Å². The average molecular weight is 226 g/mol. The van der Waals surface area contributed by atoms with Crippen LogP contribution in [-0.2, 0) is 9.53 Å². The first-order chi connectivity index (χ1) is 7.63. The summed E-state index contributed by atoms with van der Waals surface area (Å²) in [6, 6.07) is 0.630. The highest BCUT2D eigenvalue weighted by molar-refractivity contribution is 5.77. The van der Waals surface area contributed by atoms with E-state index in [4.69, 9.17) is 4.74 Å². The lowest BCUT2D eigenvalue weighted by Gasteiger charge is -2.37. The van der Waals surface area contributed by atoms with Crippen LogP contribution in [0.2, 0.25) is 0 Å². The van der Waals surface area contributed by atoms with Crippen LogP contribution < -0.4 is 5.32 Å². The maximum absolute atomic E-state index is 11.1. The van der Waals surface area contributed by atoms with Crippen LogP contribution >= 0.6 is 0 Å². The standard InChI is InChI=1S/C12H22N2O2/c1-3-14-6-4-5-10(14)7-12(2)9-13-11(15)8-16-12/h10H,3-9H2,1-2H3,(H,13,15). The molecule has 0 aromatic heterocycles. The normalized spacial score (nSPS) is 36.4. The number of hydrogen-bond donors (Lipinski definition) is 1. The van der Waals surface area contributed by atoms with Gasteiger partial charge < -0.3 is 15.0 Å². The highest BCUT2D eigenvalue weighted by Gasteiger charge is 2.36. The molecule has 0 aromatic rings. The summed E-state index contributed by atoms with van der Waals surface area (Å²) in [4.78, 5) is 13.6. The largest absolute Gasteiger partial charge is 0.364 e.